The fourth-order valence-corrected chi connectivity index (χ4v) is 3.97. The summed E-state index contributed by atoms with van der Waals surface area (Å²) in [6.07, 6.45) is 1.15. The van der Waals surface area contributed by atoms with Crippen molar-refractivity contribution in [1.29, 1.82) is 0 Å². The third kappa shape index (κ3) is 6.34. The number of amides is 1. The molecule has 7 nitrogen and oxygen atoms in total. The van der Waals surface area contributed by atoms with E-state index in [-0.39, 0.29) is 12.5 Å². The molecule has 1 unspecified atom stereocenters. The Kier molecular flexibility index (Phi) is 7.77. The smallest absolute Gasteiger partial charge is 0.255 e. The molecule has 34 heavy (non-hydrogen) atoms. The molecule has 2 N–H and O–H groups in total. The van der Waals surface area contributed by atoms with Crippen molar-refractivity contribution in [3.05, 3.63) is 83.6 Å². The number of benzene rings is 2. The molecule has 0 aliphatic carbocycles. The van der Waals surface area contributed by atoms with Crippen LogP contribution in [0.3, 0.4) is 0 Å². The van der Waals surface area contributed by atoms with E-state index < -0.39 is 6.10 Å². The predicted octanol–water partition coefficient (Wildman–Crippen LogP) is 3.51. The maximum absolute atomic E-state index is 12.4. The Hall–Kier alpha value is -3.42. The van der Waals surface area contributed by atoms with Crippen molar-refractivity contribution in [2.75, 3.05) is 49.5 Å². The molecule has 4 rings (SSSR count). The average Bonchev–Trinajstić information content (AvgIpc) is 2.85. The van der Waals surface area contributed by atoms with Gasteiger partial charge in [0.1, 0.15) is 24.3 Å². The summed E-state index contributed by atoms with van der Waals surface area (Å²) >= 11 is 0. The minimum Gasteiger partial charge on any atom is -0.491 e. The molecule has 0 spiro atoms. The number of carbonyl (C=O) groups is 1. The molecular formula is C27H32N4O3. The standard InChI is InChI=1S/C27H32N4O3/c1-20-7-9-22(10-8-20)27(33)29-23-11-12-26(28-17-23)31-15-13-30(14-16-31)18-24(32)19-34-25-6-4-3-5-21(25)2/h3-12,17,24,32H,13-16,18-19H2,1-2H3,(H,29,33). The lowest BCUT2D eigenvalue weighted by Gasteiger charge is -2.36. The zero-order valence-electron chi connectivity index (χ0n) is 19.8. The molecule has 0 saturated carbocycles. The summed E-state index contributed by atoms with van der Waals surface area (Å²) in [6.45, 7) is 8.19. The zero-order chi connectivity index (χ0) is 23.9. The molecule has 1 atom stereocenters. The Morgan fingerprint density at radius 1 is 1.03 bits per heavy atom. The number of piperazine rings is 1. The maximum Gasteiger partial charge on any atom is 0.255 e. The van der Waals surface area contributed by atoms with Gasteiger partial charge in [-0.05, 0) is 49.7 Å². The minimum absolute atomic E-state index is 0.145. The van der Waals surface area contributed by atoms with Crippen LogP contribution in [-0.2, 0) is 0 Å². The van der Waals surface area contributed by atoms with Gasteiger partial charge in [-0.3, -0.25) is 9.69 Å². The second kappa shape index (κ2) is 11.1. The highest BCUT2D eigenvalue weighted by molar-refractivity contribution is 6.04. The van der Waals surface area contributed by atoms with Crippen LogP contribution in [0.1, 0.15) is 21.5 Å². The summed E-state index contributed by atoms with van der Waals surface area (Å²) in [4.78, 5) is 21.4. The normalized spacial score (nSPS) is 15.1. The fraction of sp³-hybridized carbons (Fsp3) is 0.333. The van der Waals surface area contributed by atoms with Crippen molar-refractivity contribution in [2.45, 2.75) is 20.0 Å². The van der Waals surface area contributed by atoms with Gasteiger partial charge in [-0.25, -0.2) is 4.98 Å². The second-order valence-electron chi connectivity index (χ2n) is 8.74. The number of carbonyl (C=O) groups excluding carboxylic acids is 1. The Morgan fingerprint density at radius 2 is 1.76 bits per heavy atom. The van der Waals surface area contributed by atoms with Gasteiger partial charge in [0, 0.05) is 38.3 Å². The quantitative estimate of drug-likeness (QED) is 0.536. The molecule has 0 bridgehead atoms. The Labute approximate surface area is 201 Å². The van der Waals surface area contributed by atoms with E-state index in [1.807, 2.05) is 74.5 Å². The molecule has 2 heterocycles. The number of nitrogens with zero attached hydrogens (tertiary/aromatic N) is 3. The molecule has 2 aromatic carbocycles. The number of aliphatic hydroxyl groups is 1. The van der Waals surface area contributed by atoms with Gasteiger partial charge in [0.2, 0.25) is 0 Å². The molecule has 3 aromatic rings. The molecule has 0 radical (unpaired) electrons. The number of anilines is 2. The lowest BCUT2D eigenvalue weighted by atomic mass is 10.1. The first kappa shape index (κ1) is 23.7. The van der Waals surface area contributed by atoms with Crippen molar-refractivity contribution in [2.24, 2.45) is 0 Å². The Balaban J connectivity index is 1.22. The van der Waals surface area contributed by atoms with Crippen LogP contribution in [0.2, 0.25) is 0 Å². The number of β-amino-alcohol motifs (C(OH)–C–C–N with tert-alkyl or cyclic N) is 1. The highest BCUT2D eigenvalue weighted by Gasteiger charge is 2.20. The molecule has 1 amide bonds. The molecule has 7 heteroatoms. The minimum atomic E-state index is -0.541. The average molecular weight is 461 g/mol. The van der Waals surface area contributed by atoms with E-state index >= 15 is 0 Å². The summed E-state index contributed by atoms with van der Waals surface area (Å²) in [6, 6.07) is 19.1. The van der Waals surface area contributed by atoms with Crippen molar-refractivity contribution >= 4 is 17.4 Å². The van der Waals surface area contributed by atoms with Crippen molar-refractivity contribution in [3.63, 3.8) is 0 Å². The van der Waals surface area contributed by atoms with Crippen LogP contribution in [0.4, 0.5) is 11.5 Å². The Bertz CT molecular complexity index is 1080. The third-order valence-corrected chi connectivity index (χ3v) is 6.01. The molecule has 1 aromatic heterocycles. The van der Waals surface area contributed by atoms with Crippen LogP contribution < -0.4 is 15.0 Å². The molecule has 1 aliphatic heterocycles. The summed E-state index contributed by atoms with van der Waals surface area (Å²) in [7, 11) is 0. The maximum atomic E-state index is 12.4. The number of aliphatic hydroxyl groups excluding tert-OH is 1. The number of hydrogen-bond acceptors (Lipinski definition) is 6. The van der Waals surface area contributed by atoms with Gasteiger partial charge >= 0.3 is 0 Å². The summed E-state index contributed by atoms with van der Waals surface area (Å²) < 4.78 is 5.78. The van der Waals surface area contributed by atoms with E-state index in [4.69, 9.17) is 4.74 Å². The first-order valence-electron chi connectivity index (χ1n) is 11.7. The molecule has 178 valence electrons. The monoisotopic (exact) mass is 460 g/mol. The first-order chi connectivity index (χ1) is 16.5. The topological polar surface area (TPSA) is 77.9 Å². The molecule has 1 aliphatic rings. The number of ether oxygens (including phenoxy) is 1. The second-order valence-corrected chi connectivity index (χ2v) is 8.74. The molecule has 1 saturated heterocycles. The van der Waals surface area contributed by atoms with Gasteiger partial charge < -0.3 is 20.1 Å². The van der Waals surface area contributed by atoms with Gasteiger partial charge in [0.25, 0.3) is 5.91 Å². The van der Waals surface area contributed by atoms with Crippen LogP contribution in [-0.4, -0.2) is 66.3 Å². The van der Waals surface area contributed by atoms with Crippen molar-refractivity contribution in [3.8, 4) is 5.75 Å². The van der Waals surface area contributed by atoms with E-state index in [1.54, 1.807) is 6.20 Å². The molecule has 1 fully saturated rings. The SMILES string of the molecule is Cc1ccc(C(=O)Nc2ccc(N3CCN(CC(O)COc4ccccc4C)CC3)nc2)cc1. The van der Waals surface area contributed by atoms with E-state index in [9.17, 15) is 9.90 Å². The van der Waals surface area contributed by atoms with Crippen LogP contribution in [0, 0.1) is 13.8 Å². The number of para-hydroxylation sites is 1. The Morgan fingerprint density at radius 3 is 2.44 bits per heavy atom. The number of nitrogens with one attached hydrogen (secondary N) is 1. The van der Waals surface area contributed by atoms with Gasteiger partial charge in [0.05, 0.1) is 11.9 Å². The van der Waals surface area contributed by atoms with Gasteiger partial charge in [-0.1, -0.05) is 35.9 Å². The first-order valence-corrected chi connectivity index (χ1v) is 11.7. The number of aryl methyl sites for hydroxylation is 2. The fourth-order valence-electron chi connectivity index (χ4n) is 3.97. The van der Waals surface area contributed by atoms with E-state index in [1.165, 1.54) is 0 Å². The third-order valence-electron chi connectivity index (χ3n) is 6.01. The number of pyridine rings is 1. The van der Waals surface area contributed by atoms with Crippen molar-refractivity contribution < 1.29 is 14.6 Å². The van der Waals surface area contributed by atoms with Crippen LogP contribution in [0.25, 0.3) is 0 Å². The van der Waals surface area contributed by atoms with Crippen LogP contribution in [0.5, 0.6) is 5.75 Å². The van der Waals surface area contributed by atoms with E-state index in [0.717, 1.165) is 48.9 Å². The highest BCUT2D eigenvalue weighted by Crippen LogP contribution is 2.18. The largest absolute Gasteiger partial charge is 0.491 e. The number of aromatic nitrogens is 1. The van der Waals surface area contributed by atoms with Crippen LogP contribution in [0.15, 0.2) is 66.9 Å². The lowest BCUT2D eigenvalue weighted by Crippen LogP contribution is -2.49. The summed E-state index contributed by atoms with van der Waals surface area (Å²) in [5.74, 6) is 1.56. The number of hydrogen-bond donors (Lipinski definition) is 2. The van der Waals surface area contributed by atoms with E-state index in [2.05, 4.69) is 20.1 Å². The van der Waals surface area contributed by atoms with Gasteiger partial charge in [-0.2, -0.15) is 0 Å². The summed E-state index contributed by atoms with van der Waals surface area (Å²) in [5, 5.41) is 13.3. The highest BCUT2D eigenvalue weighted by atomic mass is 16.5. The number of rotatable bonds is 8. The van der Waals surface area contributed by atoms with Crippen LogP contribution >= 0.6 is 0 Å². The van der Waals surface area contributed by atoms with Gasteiger partial charge in [0.15, 0.2) is 0 Å². The lowest BCUT2D eigenvalue weighted by molar-refractivity contribution is 0.0660. The van der Waals surface area contributed by atoms with Crippen molar-refractivity contribution in [1.82, 2.24) is 9.88 Å². The van der Waals surface area contributed by atoms with Gasteiger partial charge in [-0.15, -0.1) is 0 Å². The zero-order valence-corrected chi connectivity index (χ0v) is 19.8. The summed E-state index contributed by atoms with van der Waals surface area (Å²) in [5.41, 5.74) is 3.48. The van der Waals surface area contributed by atoms with E-state index in [0.29, 0.717) is 17.8 Å². The molecular weight excluding hydrogens is 428 g/mol. The predicted molar refractivity (Wildman–Crippen MR) is 135 cm³/mol.